The number of rotatable bonds is 6. The average Bonchev–Trinajstić information content (AvgIpc) is 3.16. The Labute approximate surface area is 176 Å². The van der Waals surface area contributed by atoms with E-state index in [9.17, 15) is 31.2 Å². The Kier molecular flexibility index (Phi) is 6.25. The van der Waals surface area contributed by atoms with Crippen LogP contribution >= 0.6 is 0 Å². The molecule has 0 radical (unpaired) electrons. The summed E-state index contributed by atoms with van der Waals surface area (Å²) >= 11 is 0. The van der Waals surface area contributed by atoms with E-state index in [1.807, 2.05) is 12.1 Å². The molecule has 2 aromatic rings. The fourth-order valence-electron chi connectivity index (χ4n) is 3.08. The molecule has 0 spiro atoms. The summed E-state index contributed by atoms with van der Waals surface area (Å²) in [6.45, 7) is -0.184. The number of nitrogens with one attached hydrogen (secondary N) is 1. The molecule has 31 heavy (non-hydrogen) atoms. The van der Waals surface area contributed by atoms with Gasteiger partial charge in [-0.25, -0.2) is 13.2 Å². The molecule has 166 valence electrons. The Morgan fingerprint density at radius 2 is 1.87 bits per heavy atom. The Balaban J connectivity index is 1.74. The number of alkyl halides is 3. The van der Waals surface area contributed by atoms with Gasteiger partial charge in [-0.05, 0) is 43.2 Å². The van der Waals surface area contributed by atoms with Crippen LogP contribution in [-0.2, 0) is 26.0 Å². The number of hydrogen-bond donors (Lipinski definition) is 1. The summed E-state index contributed by atoms with van der Waals surface area (Å²) in [5.41, 5.74) is 1.30. The van der Waals surface area contributed by atoms with E-state index in [0.29, 0.717) is 12.1 Å². The van der Waals surface area contributed by atoms with Crippen molar-refractivity contribution < 1.29 is 35.9 Å². The van der Waals surface area contributed by atoms with Crippen molar-refractivity contribution in [3.8, 4) is 0 Å². The number of carbonyl (C=O) groups is 2. The molecule has 3 rings (SSSR count). The number of esters is 1. The molecule has 7 nitrogen and oxygen atoms in total. The number of hydrogen-bond acceptors (Lipinski definition) is 5. The van der Waals surface area contributed by atoms with Gasteiger partial charge in [-0.2, -0.15) is 13.2 Å². The standard InChI is InChI=1S/C20H19F3N2O5S/c1-13(18(26)24-12-20(21,22)23)30-19(27)15-6-4-7-16(11-15)31(28,29)25-10-9-14-5-2-3-8-17(14)25/h2-8,11,13H,9-10,12H2,1H3,(H,24,26). The number of benzene rings is 2. The van der Waals surface area contributed by atoms with E-state index in [-0.39, 0.29) is 17.0 Å². The molecule has 11 heteroatoms. The number of ether oxygens (including phenoxy) is 1. The van der Waals surface area contributed by atoms with Gasteiger partial charge in [-0.15, -0.1) is 0 Å². The van der Waals surface area contributed by atoms with Crippen LogP contribution in [0.25, 0.3) is 0 Å². The maximum Gasteiger partial charge on any atom is 0.405 e. The molecule has 0 saturated heterocycles. The summed E-state index contributed by atoms with van der Waals surface area (Å²) in [6, 6.07) is 12.2. The Hall–Kier alpha value is -3.08. The number of para-hydroxylation sites is 1. The summed E-state index contributed by atoms with van der Waals surface area (Å²) in [5, 5.41) is 1.62. The van der Waals surface area contributed by atoms with Crippen LogP contribution in [0, 0.1) is 0 Å². The van der Waals surface area contributed by atoms with Crippen LogP contribution in [0.3, 0.4) is 0 Å². The predicted octanol–water partition coefficient (Wildman–Crippen LogP) is 2.66. The quantitative estimate of drug-likeness (QED) is 0.675. The first kappa shape index (κ1) is 22.6. The molecular formula is C20H19F3N2O5S. The molecule has 1 amide bonds. The van der Waals surface area contributed by atoms with Crippen LogP contribution in [0.4, 0.5) is 18.9 Å². The van der Waals surface area contributed by atoms with Gasteiger partial charge in [0.25, 0.3) is 15.9 Å². The SMILES string of the molecule is CC(OC(=O)c1cccc(S(=O)(=O)N2CCc3ccccc32)c1)C(=O)NCC(F)(F)F. The summed E-state index contributed by atoms with van der Waals surface area (Å²) in [5.74, 6) is -2.16. The van der Waals surface area contributed by atoms with E-state index in [2.05, 4.69) is 0 Å². The van der Waals surface area contributed by atoms with Crippen LogP contribution in [0.1, 0.15) is 22.8 Å². The van der Waals surface area contributed by atoms with Gasteiger partial charge in [0.15, 0.2) is 6.10 Å². The summed E-state index contributed by atoms with van der Waals surface area (Å²) in [6.07, 6.45) is -5.54. The highest BCUT2D eigenvalue weighted by Crippen LogP contribution is 2.32. The van der Waals surface area contributed by atoms with Gasteiger partial charge in [0.2, 0.25) is 0 Å². The number of fused-ring (bicyclic) bond motifs is 1. The van der Waals surface area contributed by atoms with Gasteiger partial charge in [0, 0.05) is 6.54 Å². The van der Waals surface area contributed by atoms with Crippen molar-refractivity contribution in [2.45, 2.75) is 30.5 Å². The fourth-order valence-corrected chi connectivity index (χ4v) is 4.63. The largest absolute Gasteiger partial charge is 0.449 e. The number of amides is 1. The maximum absolute atomic E-state index is 13.1. The van der Waals surface area contributed by atoms with Crippen molar-refractivity contribution >= 4 is 27.6 Å². The smallest absolute Gasteiger partial charge is 0.405 e. The van der Waals surface area contributed by atoms with Crippen LogP contribution in [-0.4, -0.2) is 45.7 Å². The lowest BCUT2D eigenvalue weighted by molar-refractivity contribution is -0.143. The van der Waals surface area contributed by atoms with E-state index < -0.39 is 40.7 Å². The van der Waals surface area contributed by atoms with Crippen molar-refractivity contribution in [3.63, 3.8) is 0 Å². The molecule has 0 saturated carbocycles. The van der Waals surface area contributed by atoms with Gasteiger partial charge >= 0.3 is 12.1 Å². The third kappa shape index (κ3) is 5.16. The lowest BCUT2D eigenvalue weighted by Crippen LogP contribution is -2.40. The Morgan fingerprint density at radius 3 is 2.58 bits per heavy atom. The first-order chi connectivity index (χ1) is 14.5. The van der Waals surface area contributed by atoms with Crippen molar-refractivity contribution in [2.24, 2.45) is 0 Å². The molecular weight excluding hydrogens is 437 g/mol. The topological polar surface area (TPSA) is 92.8 Å². The Morgan fingerprint density at radius 1 is 1.16 bits per heavy atom. The van der Waals surface area contributed by atoms with Gasteiger partial charge in [-0.3, -0.25) is 9.10 Å². The highest BCUT2D eigenvalue weighted by Gasteiger charge is 2.32. The lowest BCUT2D eigenvalue weighted by Gasteiger charge is -2.20. The van der Waals surface area contributed by atoms with Gasteiger partial charge in [0.05, 0.1) is 16.1 Å². The van der Waals surface area contributed by atoms with Crippen molar-refractivity contribution in [2.75, 3.05) is 17.4 Å². The minimum atomic E-state index is -4.60. The third-order valence-corrected chi connectivity index (χ3v) is 6.43. The van der Waals surface area contributed by atoms with Gasteiger partial charge < -0.3 is 10.1 Å². The number of carbonyl (C=O) groups excluding carboxylic acids is 2. The first-order valence-electron chi connectivity index (χ1n) is 9.25. The van der Waals surface area contributed by atoms with Gasteiger partial charge in [-0.1, -0.05) is 24.3 Å². The minimum absolute atomic E-state index is 0.146. The number of sulfonamides is 1. The highest BCUT2D eigenvalue weighted by molar-refractivity contribution is 7.92. The maximum atomic E-state index is 13.1. The molecule has 1 atom stereocenters. The van der Waals surface area contributed by atoms with Crippen molar-refractivity contribution in [1.29, 1.82) is 0 Å². The second-order valence-corrected chi connectivity index (χ2v) is 8.73. The zero-order valence-corrected chi connectivity index (χ0v) is 17.2. The zero-order chi connectivity index (χ0) is 22.8. The minimum Gasteiger partial charge on any atom is -0.449 e. The van der Waals surface area contributed by atoms with E-state index >= 15 is 0 Å². The monoisotopic (exact) mass is 456 g/mol. The van der Waals surface area contributed by atoms with Gasteiger partial charge in [0.1, 0.15) is 6.54 Å². The number of anilines is 1. The molecule has 1 N–H and O–H groups in total. The predicted molar refractivity (Wildman–Crippen MR) is 105 cm³/mol. The second-order valence-electron chi connectivity index (χ2n) is 6.86. The second kappa shape index (κ2) is 8.58. The average molecular weight is 456 g/mol. The normalized spacial score (nSPS) is 14.6. The van der Waals surface area contributed by atoms with Crippen LogP contribution in [0.15, 0.2) is 53.4 Å². The summed E-state index contributed by atoms with van der Waals surface area (Å²) in [7, 11) is -3.96. The lowest BCUT2D eigenvalue weighted by atomic mass is 10.2. The molecule has 0 bridgehead atoms. The van der Waals surface area contributed by atoms with Crippen molar-refractivity contribution in [3.05, 3.63) is 59.7 Å². The molecule has 1 unspecified atom stereocenters. The van der Waals surface area contributed by atoms with E-state index in [1.54, 1.807) is 17.4 Å². The van der Waals surface area contributed by atoms with E-state index in [4.69, 9.17) is 4.74 Å². The molecule has 0 aromatic heterocycles. The molecule has 0 fully saturated rings. The number of nitrogens with zero attached hydrogens (tertiary/aromatic N) is 1. The molecule has 1 heterocycles. The fraction of sp³-hybridized carbons (Fsp3) is 0.300. The molecule has 1 aliphatic heterocycles. The first-order valence-corrected chi connectivity index (χ1v) is 10.7. The summed E-state index contributed by atoms with van der Waals surface area (Å²) < 4.78 is 68.9. The molecule has 1 aliphatic rings. The Bertz CT molecular complexity index is 1100. The van der Waals surface area contributed by atoms with Crippen LogP contribution in [0.5, 0.6) is 0 Å². The molecule has 0 aliphatic carbocycles. The zero-order valence-electron chi connectivity index (χ0n) is 16.3. The third-order valence-electron chi connectivity index (χ3n) is 4.62. The van der Waals surface area contributed by atoms with E-state index in [0.717, 1.165) is 18.6 Å². The molecule has 2 aromatic carbocycles. The highest BCUT2D eigenvalue weighted by atomic mass is 32.2. The van der Waals surface area contributed by atoms with E-state index in [1.165, 1.54) is 22.5 Å². The van der Waals surface area contributed by atoms with Crippen molar-refractivity contribution in [1.82, 2.24) is 5.32 Å². The summed E-state index contributed by atoms with van der Waals surface area (Å²) in [4.78, 5) is 23.9. The van der Waals surface area contributed by atoms with Crippen LogP contribution in [0.2, 0.25) is 0 Å². The number of halogens is 3. The van der Waals surface area contributed by atoms with Crippen LogP contribution < -0.4 is 9.62 Å².